The van der Waals surface area contributed by atoms with Gasteiger partial charge >= 0.3 is 0 Å². The fraction of sp³-hybridized carbons (Fsp3) is 0.300. The molecule has 0 spiro atoms. The lowest BCUT2D eigenvalue weighted by Gasteiger charge is -2.07. The van der Waals surface area contributed by atoms with E-state index >= 15 is 0 Å². The Bertz CT molecular complexity index is 403. The van der Waals surface area contributed by atoms with Crippen LogP contribution in [-0.2, 0) is 0 Å². The molecule has 0 aromatic carbocycles. The Balaban J connectivity index is 2.37. The van der Waals surface area contributed by atoms with Gasteiger partial charge in [-0.15, -0.1) is 0 Å². The third-order valence-corrected chi connectivity index (χ3v) is 1.87. The van der Waals surface area contributed by atoms with Gasteiger partial charge in [-0.25, -0.2) is 4.98 Å². The molecule has 0 aliphatic heterocycles. The normalized spacial score (nSPS) is 11.0. The van der Waals surface area contributed by atoms with Crippen molar-refractivity contribution in [3.05, 3.63) is 24.5 Å². The van der Waals surface area contributed by atoms with Gasteiger partial charge in [-0.2, -0.15) is 0 Å². The average molecular weight is 175 g/mol. The van der Waals surface area contributed by atoms with E-state index in [0.717, 1.165) is 16.7 Å². The van der Waals surface area contributed by atoms with Crippen LogP contribution in [0.1, 0.15) is 13.8 Å². The summed E-state index contributed by atoms with van der Waals surface area (Å²) < 4.78 is 0. The minimum Gasteiger partial charge on any atom is -0.368 e. The zero-order valence-corrected chi connectivity index (χ0v) is 7.83. The van der Waals surface area contributed by atoms with E-state index in [-0.39, 0.29) is 0 Å². The van der Waals surface area contributed by atoms with Crippen molar-refractivity contribution >= 4 is 16.7 Å². The third-order valence-electron chi connectivity index (χ3n) is 1.87. The highest BCUT2D eigenvalue weighted by molar-refractivity contribution is 5.80. The van der Waals surface area contributed by atoms with Crippen LogP contribution in [0.5, 0.6) is 0 Å². The van der Waals surface area contributed by atoms with Gasteiger partial charge in [0.25, 0.3) is 0 Å². The molecule has 0 saturated carbocycles. The summed E-state index contributed by atoms with van der Waals surface area (Å²) in [7, 11) is 0. The first-order chi connectivity index (χ1) is 6.25. The topological polar surface area (TPSA) is 40.7 Å². The molecule has 3 nitrogen and oxygen atoms in total. The largest absolute Gasteiger partial charge is 0.368 e. The van der Waals surface area contributed by atoms with Gasteiger partial charge in [0.15, 0.2) is 0 Å². The molecule has 0 aliphatic rings. The van der Waals surface area contributed by atoms with Gasteiger partial charge in [0.2, 0.25) is 0 Å². The van der Waals surface area contributed by atoms with Crippen LogP contribution in [0, 0.1) is 0 Å². The molecule has 0 fully saturated rings. The Hall–Kier alpha value is -1.51. The highest BCUT2D eigenvalue weighted by Gasteiger charge is 1.99. The Labute approximate surface area is 77.2 Å². The number of hydrogen-bond acceptors (Lipinski definition) is 2. The molecule has 68 valence electrons. The summed E-state index contributed by atoms with van der Waals surface area (Å²) in [6.07, 6.45) is 3.79. The smallest absolute Gasteiger partial charge is 0.128 e. The zero-order chi connectivity index (χ0) is 9.26. The molecule has 3 heteroatoms. The second-order valence-corrected chi connectivity index (χ2v) is 3.43. The molecule has 0 atom stereocenters. The predicted molar refractivity (Wildman–Crippen MR) is 54.9 cm³/mol. The summed E-state index contributed by atoms with van der Waals surface area (Å²) >= 11 is 0. The molecule has 2 heterocycles. The summed E-state index contributed by atoms with van der Waals surface area (Å²) in [6, 6.07) is 4.46. The van der Waals surface area contributed by atoms with Gasteiger partial charge in [-0.3, -0.25) is 0 Å². The van der Waals surface area contributed by atoms with Crippen LogP contribution in [-0.4, -0.2) is 16.0 Å². The van der Waals surface area contributed by atoms with Gasteiger partial charge in [0.1, 0.15) is 5.82 Å². The van der Waals surface area contributed by atoms with Crippen LogP contribution in [0.25, 0.3) is 10.9 Å². The molecule has 0 radical (unpaired) electrons. The lowest BCUT2D eigenvalue weighted by atomic mass is 10.3. The number of nitrogens with one attached hydrogen (secondary N) is 2. The van der Waals surface area contributed by atoms with E-state index in [9.17, 15) is 0 Å². The van der Waals surface area contributed by atoms with E-state index in [0.29, 0.717) is 6.04 Å². The number of pyridine rings is 1. The molecule has 2 aromatic rings. The quantitative estimate of drug-likeness (QED) is 0.735. The van der Waals surface area contributed by atoms with E-state index in [4.69, 9.17) is 0 Å². The number of H-pyrrole nitrogens is 1. The molecule has 0 aliphatic carbocycles. The molecule has 0 amide bonds. The molecule has 0 bridgehead atoms. The van der Waals surface area contributed by atoms with E-state index in [2.05, 4.69) is 29.1 Å². The monoisotopic (exact) mass is 175 g/mol. The van der Waals surface area contributed by atoms with E-state index in [1.54, 1.807) is 0 Å². The lowest BCUT2D eigenvalue weighted by Crippen LogP contribution is -2.10. The minimum atomic E-state index is 0.417. The Morgan fingerprint density at radius 3 is 3.08 bits per heavy atom. The van der Waals surface area contributed by atoms with Crippen LogP contribution in [0.4, 0.5) is 5.82 Å². The Morgan fingerprint density at radius 2 is 2.31 bits per heavy atom. The molecule has 2 aromatic heterocycles. The molecule has 13 heavy (non-hydrogen) atoms. The van der Waals surface area contributed by atoms with Gasteiger partial charge in [0, 0.05) is 29.9 Å². The summed E-state index contributed by atoms with van der Waals surface area (Å²) in [5, 5.41) is 4.40. The van der Waals surface area contributed by atoms with E-state index in [1.807, 2.05) is 24.5 Å². The average Bonchev–Trinajstić information content (AvgIpc) is 2.49. The maximum absolute atomic E-state index is 4.29. The first kappa shape index (κ1) is 8.10. The number of anilines is 1. The molecule has 2 N–H and O–H groups in total. The van der Waals surface area contributed by atoms with Crippen LogP contribution >= 0.6 is 0 Å². The van der Waals surface area contributed by atoms with Gasteiger partial charge in [0.05, 0.1) is 5.52 Å². The van der Waals surface area contributed by atoms with Crippen LogP contribution < -0.4 is 5.32 Å². The van der Waals surface area contributed by atoms with Crippen molar-refractivity contribution in [2.45, 2.75) is 19.9 Å². The lowest BCUT2D eigenvalue weighted by molar-refractivity contribution is 0.890. The fourth-order valence-corrected chi connectivity index (χ4v) is 1.32. The summed E-state index contributed by atoms with van der Waals surface area (Å²) in [5.41, 5.74) is 1.12. The maximum Gasteiger partial charge on any atom is 0.128 e. The van der Waals surface area contributed by atoms with Crippen molar-refractivity contribution in [3.8, 4) is 0 Å². The van der Waals surface area contributed by atoms with Crippen molar-refractivity contribution in [1.82, 2.24) is 9.97 Å². The fourth-order valence-electron chi connectivity index (χ4n) is 1.32. The highest BCUT2D eigenvalue weighted by atomic mass is 15.0. The first-order valence-corrected chi connectivity index (χ1v) is 4.45. The van der Waals surface area contributed by atoms with Crippen LogP contribution in [0.15, 0.2) is 24.5 Å². The maximum atomic E-state index is 4.29. The molecular formula is C10H13N3. The number of aromatic nitrogens is 2. The molecular weight excluding hydrogens is 162 g/mol. The summed E-state index contributed by atoms with van der Waals surface area (Å²) in [4.78, 5) is 7.44. The standard InChI is InChI=1S/C10H13N3/c1-7(2)13-10-5-9-8(6-12-10)3-4-11-9/h3-7,11H,1-2H3,(H,12,13). The number of hydrogen-bond donors (Lipinski definition) is 2. The van der Waals surface area contributed by atoms with E-state index in [1.165, 1.54) is 0 Å². The van der Waals surface area contributed by atoms with Crippen molar-refractivity contribution in [3.63, 3.8) is 0 Å². The second kappa shape index (κ2) is 3.09. The summed E-state index contributed by atoms with van der Waals surface area (Å²) in [5.74, 6) is 0.921. The Morgan fingerprint density at radius 1 is 1.46 bits per heavy atom. The van der Waals surface area contributed by atoms with Gasteiger partial charge in [-0.1, -0.05) is 0 Å². The second-order valence-electron chi connectivity index (χ2n) is 3.43. The Kier molecular flexibility index (Phi) is 1.93. The number of fused-ring (bicyclic) bond motifs is 1. The third kappa shape index (κ3) is 1.64. The number of nitrogens with zero attached hydrogens (tertiary/aromatic N) is 1. The van der Waals surface area contributed by atoms with E-state index < -0.39 is 0 Å². The van der Waals surface area contributed by atoms with Gasteiger partial charge < -0.3 is 10.3 Å². The molecule has 0 saturated heterocycles. The minimum absolute atomic E-state index is 0.417. The first-order valence-electron chi connectivity index (χ1n) is 4.45. The molecule has 2 rings (SSSR count). The number of rotatable bonds is 2. The van der Waals surface area contributed by atoms with Crippen molar-refractivity contribution in [2.75, 3.05) is 5.32 Å². The van der Waals surface area contributed by atoms with Crippen molar-refractivity contribution < 1.29 is 0 Å². The predicted octanol–water partition coefficient (Wildman–Crippen LogP) is 2.38. The highest BCUT2D eigenvalue weighted by Crippen LogP contribution is 2.14. The SMILES string of the molecule is CC(C)Nc1cc2[nH]ccc2cn1. The summed E-state index contributed by atoms with van der Waals surface area (Å²) in [6.45, 7) is 4.20. The van der Waals surface area contributed by atoms with Gasteiger partial charge in [-0.05, 0) is 19.9 Å². The van der Waals surface area contributed by atoms with Crippen molar-refractivity contribution in [1.29, 1.82) is 0 Å². The zero-order valence-electron chi connectivity index (χ0n) is 7.83. The molecule has 0 unspecified atom stereocenters. The van der Waals surface area contributed by atoms with Crippen LogP contribution in [0.3, 0.4) is 0 Å². The van der Waals surface area contributed by atoms with Crippen LogP contribution in [0.2, 0.25) is 0 Å². The number of aromatic amines is 1. The van der Waals surface area contributed by atoms with Crippen molar-refractivity contribution in [2.24, 2.45) is 0 Å².